The summed E-state index contributed by atoms with van der Waals surface area (Å²) >= 11 is 0. The first-order chi connectivity index (χ1) is 11.1. The maximum atomic E-state index is 12.2. The van der Waals surface area contributed by atoms with Crippen LogP contribution < -0.4 is 14.8 Å². The summed E-state index contributed by atoms with van der Waals surface area (Å²) < 4.78 is 11.2. The van der Waals surface area contributed by atoms with E-state index in [4.69, 9.17) is 9.47 Å². The molecule has 4 heteroatoms. The maximum Gasteiger partial charge on any atom is 0.258 e. The largest absolute Gasteiger partial charge is 0.493 e. The average Bonchev–Trinajstić information content (AvgIpc) is 2.52. The van der Waals surface area contributed by atoms with Gasteiger partial charge in [0.25, 0.3) is 5.91 Å². The van der Waals surface area contributed by atoms with Crippen molar-refractivity contribution < 1.29 is 14.3 Å². The van der Waals surface area contributed by atoms with E-state index in [1.54, 1.807) is 0 Å². The monoisotopic (exact) mass is 311 g/mol. The van der Waals surface area contributed by atoms with Crippen LogP contribution in [0.25, 0.3) is 0 Å². The second-order valence-electron chi connectivity index (χ2n) is 5.91. The molecule has 0 aliphatic carbocycles. The third-order valence-corrected chi connectivity index (χ3v) is 3.86. The molecule has 0 spiro atoms. The second-order valence-corrected chi connectivity index (χ2v) is 5.91. The Morgan fingerprint density at radius 3 is 2.74 bits per heavy atom. The van der Waals surface area contributed by atoms with Crippen molar-refractivity contribution in [3.8, 4) is 11.5 Å². The highest BCUT2D eigenvalue weighted by atomic mass is 16.5. The number of amides is 1. The Morgan fingerprint density at radius 1 is 1.22 bits per heavy atom. The van der Waals surface area contributed by atoms with Crippen LogP contribution in [0, 0.1) is 13.8 Å². The maximum absolute atomic E-state index is 12.2. The molecule has 1 amide bonds. The summed E-state index contributed by atoms with van der Waals surface area (Å²) in [6.45, 7) is 4.65. The van der Waals surface area contributed by atoms with Crippen LogP contribution in [0.2, 0.25) is 0 Å². The van der Waals surface area contributed by atoms with Gasteiger partial charge in [0, 0.05) is 12.0 Å². The van der Waals surface area contributed by atoms with E-state index in [2.05, 4.69) is 11.4 Å². The Kier molecular flexibility index (Phi) is 4.51. The third-order valence-electron chi connectivity index (χ3n) is 3.86. The van der Waals surface area contributed by atoms with Gasteiger partial charge in [-0.05, 0) is 43.2 Å². The lowest BCUT2D eigenvalue weighted by atomic mass is 10.0. The number of nitrogens with one attached hydrogen (secondary N) is 1. The fourth-order valence-electron chi connectivity index (χ4n) is 2.89. The van der Waals surface area contributed by atoms with E-state index in [1.807, 2.05) is 50.2 Å². The van der Waals surface area contributed by atoms with Gasteiger partial charge in [-0.15, -0.1) is 0 Å². The Hall–Kier alpha value is -2.49. The predicted octanol–water partition coefficient (Wildman–Crippen LogP) is 3.32. The molecule has 0 radical (unpaired) electrons. The predicted molar refractivity (Wildman–Crippen MR) is 88.8 cm³/mol. The lowest BCUT2D eigenvalue weighted by molar-refractivity contribution is -0.124. The Balaban J connectivity index is 1.60. The molecule has 1 aliphatic rings. The van der Waals surface area contributed by atoms with Crippen LogP contribution in [-0.2, 0) is 4.79 Å². The highest BCUT2D eigenvalue weighted by Crippen LogP contribution is 2.31. The first-order valence-electron chi connectivity index (χ1n) is 7.84. The van der Waals surface area contributed by atoms with E-state index in [0.717, 1.165) is 34.6 Å². The molecule has 23 heavy (non-hydrogen) atoms. The molecule has 1 N–H and O–H groups in total. The van der Waals surface area contributed by atoms with Crippen molar-refractivity contribution in [2.24, 2.45) is 0 Å². The summed E-state index contributed by atoms with van der Waals surface area (Å²) in [6.07, 6.45) is 0.770. The van der Waals surface area contributed by atoms with Gasteiger partial charge in [-0.3, -0.25) is 4.79 Å². The number of carbonyl (C=O) groups excluding carboxylic acids is 1. The molecule has 1 atom stereocenters. The SMILES string of the molecule is Cc1cc(C)cc(OCC(=O)N[C@H]2CCOc3ccccc32)c1. The number of benzene rings is 2. The molecule has 1 aliphatic heterocycles. The summed E-state index contributed by atoms with van der Waals surface area (Å²) in [5.41, 5.74) is 3.27. The molecule has 0 aromatic heterocycles. The van der Waals surface area contributed by atoms with E-state index < -0.39 is 0 Å². The van der Waals surface area contributed by atoms with Crippen LogP contribution in [0.5, 0.6) is 11.5 Å². The molecule has 0 bridgehead atoms. The zero-order chi connectivity index (χ0) is 16.2. The molecule has 120 valence electrons. The van der Waals surface area contributed by atoms with E-state index in [-0.39, 0.29) is 18.6 Å². The van der Waals surface area contributed by atoms with E-state index >= 15 is 0 Å². The first kappa shape index (κ1) is 15.4. The molecule has 1 heterocycles. The number of aryl methyl sites for hydroxylation is 2. The molecule has 0 fully saturated rings. The van der Waals surface area contributed by atoms with Crippen molar-refractivity contribution in [3.05, 3.63) is 59.2 Å². The number of para-hydroxylation sites is 1. The summed E-state index contributed by atoms with van der Waals surface area (Å²) in [5.74, 6) is 1.45. The van der Waals surface area contributed by atoms with E-state index in [9.17, 15) is 4.79 Å². The van der Waals surface area contributed by atoms with Crippen LogP contribution in [-0.4, -0.2) is 19.1 Å². The van der Waals surface area contributed by atoms with Crippen molar-refractivity contribution in [3.63, 3.8) is 0 Å². The summed E-state index contributed by atoms with van der Waals surface area (Å²) in [6, 6.07) is 13.7. The van der Waals surface area contributed by atoms with Crippen molar-refractivity contribution in [2.45, 2.75) is 26.3 Å². The number of hydrogen-bond donors (Lipinski definition) is 1. The Morgan fingerprint density at radius 2 is 1.96 bits per heavy atom. The quantitative estimate of drug-likeness (QED) is 0.942. The van der Waals surface area contributed by atoms with Crippen molar-refractivity contribution in [2.75, 3.05) is 13.2 Å². The minimum atomic E-state index is -0.120. The molecule has 2 aromatic rings. The topological polar surface area (TPSA) is 47.6 Å². The number of carbonyl (C=O) groups is 1. The van der Waals surface area contributed by atoms with Crippen molar-refractivity contribution >= 4 is 5.91 Å². The van der Waals surface area contributed by atoms with Gasteiger partial charge in [0.2, 0.25) is 0 Å². The van der Waals surface area contributed by atoms with Crippen LogP contribution in [0.1, 0.15) is 29.2 Å². The first-order valence-corrected chi connectivity index (χ1v) is 7.84. The highest BCUT2D eigenvalue weighted by Gasteiger charge is 2.22. The van der Waals surface area contributed by atoms with Gasteiger partial charge in [-0.25, -0.2) is 0 Å². The molecular weight excluding hydrogens is 290 g/mol. The van der Waals surface area contributed by atoms with E-state index in [0.29, 0.717) is 6.61 Å². The van der Waals surface area contributed by atoms with Crippen molar-refractivity contribution in [1.29, 1.82) is 0 Å². The molecule has 2 aromatic carbocycles. The van der Waals surface area contributed by atoms with Gasteiger partial charge in [-0.2, -0.15) is 0 Å². The Labute approximate surface area is 136 Å². The van der Waals surface area contributed by atoms with Gasteiger partial charge in [0.1, 0.15) is 11.5 Å². The van der Waals surface area contributed by atoms with Gasteiger partial charge < -0.3 is 14.8 Å². The highest BCUT2D eigenvalue weighted by molar-refractivity contribution is 5.78. The van der Waals surface area contributed by atoms with Crippen LogP contribution in [0.4, 0.5) is 0 Å². The van der Waals surface area contributed by atoms with Gasteiger partial charge in [0.15, 0.2) is 6.61 Å². The normalized spacial score (nSPS) is 16.2. The lowest BCUT2D eigenvalue weighted by Crippen LogP contribution is -2.35. The number of hydrogen-bond acceptors (Lipinski definition) is 3. The minimum Gasteiger partial charge on any atom is -0.493 e. The second kappa shape index (κ2) is 6.73. The zero-order valence-corrected chi connectivity index (χ0v) is 13.5. The standard InChI is InChI=1S/C19H21NO3/c1-13-9-14(2)11-15(10-13)23-12-19(21)20-17-7-8-22-18-6-4-3-5-16(17)18/h3-6,9-11,17H,7-8,12H2,1-2H3,(H,20,21)/t17-/m0/s1. The summed E-state index contributed by atoms with van der Waals surface area (Å²) in [4.78, 5) is 12.2. The fraction of sp³-hybridized carbons (Fsp3) is 0.316. The molecule has 0 saturated carbocycles. The smallest absolute Gasteiger partial charge is 0.258 e. The average molecular weight is 311 g/mol. The molecular formula is C19H21NO3. The van der Waals surface area contributed by atoms with Gasteiger partial charge in [-0.1, -0.05) is 24.3 Å². The van der Waals surface area contributed by atoms with Gasteiger partial charge >= 0.3 is 0 Å². The fourth-order valence-corrected chi connectivity index (χ4v) is 2.89. The number of ether oxygens (including phenoxy) is 2. The summed E-state index contributed by atoms with van der Waals surface area (Å²) in [5, 5.41) is 3.03. The van der Waals surface area contributed by atoms with Crippen LogP contribution in [0.15, 0.2) is 42.5 Å². The number of fused-ring (bicyclic) bond motifs is 1. The third kappa shape index (κ3) is 3.83. The minimum absolute atomic E-state index is 0.0163. The molecule has 3 rings (SSSR count). The number of rotatable bonds is 4. The van der Waals surface area contributed by atoms with Crippen LogP contribution >= 0.6 is 0 Å². The van der Waals surface area contributed by atoms with Crippen molar-refractivity contribution in [1.82, 2.24) is 5.32 Å². The van der Waals surface area contributed by atoms with Crippen LogP contribution in [0.3, 0.4) is 0 Å². The zero-order valence-electron chi connectivity index (χ0n) is 13.5. The lowest BCUT2D eigenvalue weighted by Gasteiger charge is -2.26. The molecule has 4 nitrogen and oxygen atoms in total. The van der Waals surface area contributed by atoms with E-state index in [1.165, 1.54) is 0 Å². The summed E-state index contributed by atoms with van der Waals surface area (Å²) in [7, 11) is 0. The molecule has 0 unspecified atom stereocenters. The molecule has 0 saturated heterocycles. The Bertz CT molecular complexity index is 691. The van der Waals surface area contributed by atoms with Gasteiger partial charge in [0.05, 0.1) is 12.6 Å².